The van der Waals surface area contributed by atoms with Gasteiger partial charge in [0.2, 0.25) is 0 Å². The number of carbonyl (C=O) groups is 1. The molecule has 19 heavy (non-hydrogen) atoms. The van der Waals surface area contributed by atoms with E-state index in [0.717, 1.165) is 44.2 Å². The summed E-state index contributed by atoms with van der Waals surface area (Å²) in [5, 5.41) is 11.4. The average molecular weight is 282 g/mol. The number of hydrogen-bond donors (Lipinski definition) is 1. The third-order valence-electron chi connectivity index (χ3n) is 4.28. The zero-order valence-corrected chi connectivity index (χ0v) is 11.8. The maximum atomic E-state index is 10.8. The van der Waals surface area contributed by atoms with E-state index in [2.05, 4.69) is 16.8 Å². The fourth-order valence-electron chi connectivity index (χ4n) is 2.94. The summed E-state index contributed by atoms with van der Waals surface area (Å²) in [7, 11) is 0. The monoisotopic (exact) mass is 282 g/mol. The summed E-state index contributed by atoms with van der Waals surface area (Å²) in [6.07, 6.45) is 2.29. The molecule has 2 aliphatic rings. The number of rotatable bonds is 3. The highest BCUT2D eigenvalue weighted by Crippen LogP contribution is 2.43. The second-order valence-corrected chi connectivity index (χ2v) is 6.46. The van der Waals surface area contributed by atoms with Crippen LogP contribution in [0.3, 0.4) is 0 Å². The fourth-order valence-corrected chi connectivity index (χ4v) is 3.83. The number of likely N-dealkylation sites (tertiary alicyclic amines) is 1. The van der Waals surface area contributed by atoms with Crippen LogP contribution in [0.25, 0.3) is 0 Å². The van der Waals surface area contributed by atoms with Crippen LogP contribution in [0, 0.1) is 5.41 Å². The molecule has 0 radical (unpaired) electrons. The normalized spacial score (nSPS) is 24.1. The molecular formula is C13H18N2O3S. The fraction of sp³-hybridized carbons (Fsp3) is 0.692. The SMILES string of the molecule is CC(c1nc(C(=O)O)cs1)N1CC2(CCOCC2)C1. The van der Waals surface area contributed by atoms with E-state index >= 15 is 0 Å². The summed E-state index contributed by atoms with van der Waals surface area (Å²) in [4.78, 5) is 17.4. The first-order valence-electron chi connectivity index (χ1n) is 6.60. The summed E-state index contributed by atoms with van der Waals surface area (Å²) in [6, 6.07) is 0.214. The largest absolute Gasteiger partial charge is 0.476 e. The van der Waals surface area contributed by atoms with Gasteiger partial charge in [-0.2, -0.15) is 0 Å². The molecule has 1 unspecified atom stereocenters. The van der Waals surface area contributed by atoms with E-state index in [-0.39, 0.29) is 11.7 Å². The molecule has 1 aromatic rings. The number of ether oxygens (including phenoxy) is 1. The topological polar surface area (TPSA) is 62.7 Å². The van der Waals surface area contributed by atoms with Gasteiger partial charge < -0.3 is 9.84 Å². The van der Waals surface area contributed by atoms with Crippen LogP contribution >= 0.6 is 11.3 Å². The zero-order chi connectivity index (χ0) is 13.5. The van der Waals surface area contributed by atoms with Crippen LogP contribution in [0.1, 0.15) is 41.3 Å². The van der Waals surface area contributed by atoms with Crippen molar-refractivity contribution in [3.8, 4) is 0 Å². The lowest BCUT2D eigenvalue weighted by molar-refractivity contribution is -0.0953. The third kappa shape index (κ3) is 2.40. The lowest BCUT2D eigenvalue weighted by Gasteiger charge is -2.54. The van der Waals surface area contributed by atoms with Crippen LogP contribution in [0.15, 0.2) is 5.38 Å². The van der Waals surface area contributed by atoms with Gasteiger partial charge in [0, 0.05) is 37.1 Å². The number of aromatic nitrogens is 1. The molecule has 0 amide bonds. The summed E-state index contributed by atoms with van der Waals surface area (Å²) in [6.45, 7) is 6.03. The lowest BCUT2D eigenvalue weighted by atomic mass is 9.73. The second-order valence-electron chi connectivity index (χ2n) is 5.57. The predicted octanol–water partition coefficient (Wildman–Crippen LogP) is 2.01. The van der Waals surface area contributed by atoms with E-state index in [9.17, 15) is 4.79 Å². The minimum absolute atomic E-state index is 0.160. The third-order valence-corrected chi connectivity index (χ3v) is 5.29. The van der Waals surface area contributed by atoms with Crippen LogP contribution in [-0.4, -0.2) is 47.3 Å². The van der Waals surface area contributed by atoms with Gasteiger partial charge in [0.15, 0.2) is 5.69 Å². The molecule has 104 valence electrons. The summed E-state index contributed by atoms with van der Waals surface area (Å²) in [5.41, 5.74) is 0.604. The first-order valence-corrected chi connectivity index (χ1v) is 7.48. The number of thiazole rings is 1. The number of carboxylic acid groups (broad SMARTS) is 1. The van der Waals surface area contributed by atoms with Crippen LogP contribution in [0.2, 0.25) is 0 Å². The van der Waals surface area contributed by atoms with Crippen LogP contribution in [0.4, 0.5) is 0 Å². The smallest absolute Gasteiger partial charge is 0.355 e. The van der Waals surface area contributed by atoms with E-state index in [0.29, 0.717) is 5.41 Å². The maximum Gasteiger partial charge on any atom is 0.355 e. The standard InChI is InChI=1S/C13H18N2O3S/c1-9(11-14-10(6-19-11)12(16)17)15-7-13(8-15)2-4-18-5-3-13/h6,9H,2-5,7-8H2,1H3,(H,16,17). The molecule has 0 aliphatic carbocycles. The van der Waals surface area contributed by atoms with Crippen molar-refractivity contribution in [3.63, 3.8) is 0 Å². The minimum Gasteiger partial charge on any atom is -0.476 e. The van der Waals surface area contributed by atoms with E-state index in [1.165, 1.54) is 11.3 Å². The Morgan fingerprint density at radius 1 is 1.53 bits per heavy atom. The Bertz CT molecular complexity index is 474. The van der Waals surface area contributed by atoms with E-state index in [1.54, 1.807) is 5.38 Å². The number of nitrogens with zero attached hydrogens (tertiary/aromatic N) is 2. The molecule has 1 N–H and O–H groups in total. The highest BCUT2D eigenvalue weighted by molar-refractivity contribution is 7.09. The first-order chi connectivity index (χ1) is 9.10. The van der Waals surface area contributed by atoms with E-state index in [4.69, 9.17) is 9.84 Å². The molecule has 0 aromatic carbocycles. The van der Waals surface area contributed by atoms with Crippen molar-refractivity contribution in [2.75, 3.05) is 26.3 Å². The number of carboxylic acids is 1. The van der Waals surface area contributed by atoms with Crippen molar-refractivity contribution in [2.24, 2.45) is 5.41 Å². The van der Waals surface area contributed by atoms with E-state index in [1.807, 2.05) is 0 Å². The average Bonchev–Trinajstić information content (AvgIpc) is 2.85. The molecule has 1 spiro atoms. The minimum atomic E-state index is -0.945. The van der Waals surface area contributed by atoms with Crippen molar-refractivity contribution in [2.45, 2.75) is 25.8 Å². The Labute approximate surface area is 116 Å². The van der Waals surface area contributed by atoms with Gasteiger partial charge in [0.05, 0.1) is 6.04 Å². The molecule has 1 atom stereocenters. The van der Waals surface area contributed by atoms with Crippen LogP contribution in [-0.2, 0) is 4.74 Å². The van der Waals surface area contributed by atoms with Crippen molar-refractivity contribution in [3.05, 3.63) is 16.1 Å². The Balaban J connectivity index is 1.62. The van der Waals surface area contributed by atoms with Gasteiger partial charge in [0.1, 0.15) is 5.01 Å². The van der Waals surface area contributed by atoms with Crippen molar-refractivity contribution in [1.29, 1.82) is 0 Å². The molecule has 0 saturated carbocycles. The molecule has 3 heterocycles. The predicted molar refractivity (Wildman–Crippen MR) is 71.5 cm³/mol. The number of hydrogen-bond acceptors (Lipinski definition) is 5. The molecule has 2 fully saturated rings. The Morgan fingerprint density at radius 2 is 2.21 bits per heavy atom. The van der Waals surface area contributed by atoms with Crippen LogP contribution in [0.5, 0.6) is 0 Å². The lowest BCUT2D eigenvalue weighted by Crippen LogP contribution is -2.58. The molecule has 5 nitrogen and oxygen atoms in total. The molecular weight excluding hydrogens is 264 g/mol. The van der Waals surface area contributed by atoms with Gasteiger partial charge >= 0.3 is 5.97 Å². The van der Waals surface area contributed by atoms with Crippen molar-refractivity contribution in [1.82, 2.24) is 9.88 Å². The molecule has 3 rings (SSSR count). The summed E-state index contributed by atoms with van der Waals surface area (Å²) >= 11 is 1.44. The van der Waals surface area contributed by atoms with Gasteiger partial charge in [-0.05, 0) is 19.8 Å². The maximum absolute atomic E-state index is 10.8. The second kappa shape index (κ2) is 4.85. The summed E-state index contributed by atoms with van der Waals surface area (Å²) in [5.74, 6) is -0.945. The Morgan fingerprint density at radius 3 is 2.79 bits per heavy atom. The van der Waals surface area contributed by atoms with Gasteiger partial charge in [0.25, 0.3) is 0 Å². The highest BCUT2D eigenvalue weighted by Gasteiger charge is 2.45. The van der Waals surface area contributed by atoms with Gasteiger partial charge in [-0.3, -0.25) is 4.90 Å². The first kappa shape index (κ1) is 13.0. The van der Waals surface area contributed by atoms with Gasteiger partial charge in [-0.1, -0.05) is 0 Å². The van der Waals surface area contributed by atoms with Crippen molar-refractivity contribution < 1.29 is 14.6 Å². The van der Waals surface area contributed by atoms with Crippen molar-refractivity contribution >= 4 is 17.3 Å². The molecule has 2 aliphatic heterocycles. The molecule has 1 aromatic heterocycles. The molecule has 2 saturated heterocycles. The van der Waals surface area contributed by atoms with Gasteiger partial charge in [-0.25, -0.2) is 9.78 Å². The zero-order valence-electron chi connectivity index (χ0n) is 11.0. The van der Waals surface area contributed by atoms with Gasteiger partial charge in [-0.15, -0.1) is 11.3 Å². The number of aromatic carboxylic acids is 1. The quantitative estimate of drug-likeness (QED) is 0.919. The highest BCUT2D eigenvalue weighted by atomic mass is 32.1. The van der Waals surface area contributed by atoms with Crippen LogP contribution < -0.4 is 0 Å². The molecule has 6 heteroatoms. The Hall–Kier alpha value is -0.980. The van der Waals surface area contributed by atoms with E-state index < -0.39 is 5.97 Å². The summed E-state index contributed by atoms with van der Waals surface area (Å²) < 4.78 is 5.42. The molecule has 0 bridgehead atoms. The Kier molecular flexibility index (Phi) is 3.32.